The van der Waals surface area contributed by atoms with E-state index in [0.717, 1.165) is 0 Å². The zero-order valence-electron chi connectivity index (χ0n) is 25.0. The van der Waals surface area contributed by atoms with E-state index in [9.17, 15) is 24.0 Å². The van der Waals surface area contributed by atoms with Crippen LogP contribution in [0.2, 0.25) is 0 Å². The van der Waals surface area contributed by atoms with Crippen LogP contribution < -0.4 is 21.7 Å². The lowest BCUT2D eigenvalue weighted by Gasteiger charge is -2.29. The fraction of sp³-hybridized carbons (Fsp3) is 0.452. The number of hydrogen-bond donors (Lipinski definition) is 4. The van der Waals surface area contributed by atoms with Crippen molar-refractivity contribution in [3.8, 4) is 0 Å². The van der Waals surface area contributed by atoms with Gasteiger partial charge in [-0.3, -0.25) is 29.3 Å². The molecule has 14 heteroatoms. The first kappa shape index (κ1) is 33.5. The Kier molecular flexibility index (Phi) is 12.8. The summed E-state index contributed by atoms with van der Waals surface area (Å²) in [4.78, 5) is 62.6. The van der Waals surface area contributed by atoms with Crippen molar-refractivity contribution < 1.29 is 42.9 Å². The Balaban J connectivity index is 0.987. The van der Waals surface area contributed by atoms with Crippen LogP contribution in [0.5, 0.6) is 0 Å². The lowest BCUT2D eigenvalue weighted by Crippen LogP contribution is -2.52. The number of amides is 5. The molecule has 2 heterocycles. The van der Waals surface area contributed by atoms with Gasteiger partial charge < -0.3 is 40.2 Å². The lowest BCUT2D eigenvalue weighted by atomic mass is 10.0. The summed E-state index contributed by atoms with van der Waals surface area (Å²) >= 11 is 0. The van der Waals surface area contributed by atoms with Crippen LogP contribution in [-0.2, 0) is 39.9 Å². The highest BCUT2D eigenvalue weighted by molar-refractivity contribution is 6.06. The van der Waals surface area contributed by atoms with Gasteiger partial charge in [0.15, 0.2) is 0 Å². The average molecular weight is 626 g/mol. The number of nitrogens with one attached hydrogen (secondary N) is 3. The Morgan fingerprint density at radius 3 is 2.18 bits per heavy atom. The largest absolute Gasteiger partial charge is 0.399 e. The maximum Gasteiger partial charge on any atom is 0.255 e. The van der Waals surface area contributed by atoms with Gasteiger partial charge in [0.05, 0.1) is 59.3 Å². The molecule has 1 unspecified atom stereocenters. The Labute approximate surface area is 260 Å². The second-order valence-electron chi connectivity index (χ2n) is 10.4. The van der Waals surface area contributed by atoms with Gasteiger partial charge in [-0.2, -0.15) is 0 Å². The van der Waals surface area contributed by atoms with E-state index in [4.69, 9.17) is 24.7 Å². The molecule has 5 N–H and O–H groups in total. The number of anilines is 2. The van der Waals surface area contributed by atoms with Crippen molar-refractivity contribution in [2.24, 2.45) is 0 Å². The Morgan fingerprint density at radius 2 is 1.51 bits per heavy atom. The second kappa shape index (κ2) is 17.2. The number of nitrogens with two attached hydrogens (primary N) is 1. The highest BCUT2D eigenvalue weighted by Gasteiger charge is 2.39. The van der Waals surface area contributed by atoms with Gasteiger partial charge in [-0.1, -0.05) is 6.07 Å². The third-order valence-corrected chi connectivity index (χ3v) is 7.15. The molecule has 0 aliphatic carbocycles. The Morgan fingerprint density at radius 1 is 0.867 bits per heavy atom. The molecule has 5 amide bonds. The fourth-order valence-electron chi connectivity index (χ4n) is 4.82. The molecule has 2 aliphatic heterocycles. The number of piperidine rings is 1. The SMILES string of the molecule is Nc1ccc(C(=O)NCCOCCOCCOCCOCCC(=O)Nc2cccc3c2CN(C2CCC(=O)NC2=O)C3=O)cc1. The third kappa shape index (κ3) is 10.1. The summed E-state index contributed by atoms with van der Waals surface area (Å²) in [5.74, 6) is -1.58. The van der Waals surface area contributed by atoms with Gasteiger partial charge in [0.1, 0.15) is 6.04 Å². The molecule has 0 radical (unpaired) electrons. The molecule has 2 aromatic carbocycles. The van der Waals surface area contributed by atoms with Crippen molar-refractivity contribution in [1.82, 2.24) is 15.5 Å². The van der Waals surface area contributed by atoms with Crippen LogP contribution in [0, 0.1) is 0 Å². The van der Waals surface area contributed by atoms with Crippen molar-refractivity contribution in [2.45, 2.75) is 31.8 Å². The van der Waals surface area contributed by atoms with Crippen molar-refractivity contribution in [3.63, 3.8) is 0 Å². The summed E-state index contributed by atoms with van der Waals surface area (Å²) in [5, 5.41) is 7.88. The molecule has 0 saturated carbocycles. The maximum absolute atomic E-state index is 12.9. The minimum absolute atomic E-state index is 0.114. The number of benzene rings is 2. The number of hydrogen-bond acceptors (Lipinski definition) is 10. The maximum atomic E-state index is 12.9. The molecule has 2 aromatic rings. The van der Waals surface area contributed by atoms with Crippen LogP contribution >= 0.6 is 0 Å². The summed E-state index contributed by atoms with van der Waals surface area (Å²) in [6, 6.07) is 11.0. The minimum Gasteiger partial charge on any atom is -0.399 e. The highest BCUT2D eigenvalue weighted by atomic mass is 16.6. The second-order valence-corrected chi connectivity index (χ2v) is 10.4. The van der Waals surface area contributed by atoms with Gasteiger partial charge in [-0.15, -0.1) is 0 Å². The Bertz CT molecular complexity index is 1350. The van der Waals surface area contributed by atoms with Crippen LogP contribution in [0.3, 0.4) is 0 Å². The van der Waals surface area contributed by atoms with Crippen molar-refractivity contribution >= 4 is 40.9 Å². The smallest absolute Gasteiger partial charge is 0.255 e. The number of nitrogen functional groups attached to an aromatic ring is 1. The van der Waals surface area contributed by atoms with E-state index in [1.54, 1.807) is 42.5 Å². The molecule has 2 aliphatic rings. The third-order valence-electron chi connectivity index (χ3n) is 7.15. The summed E-state index contributed by atoms with van der Waals surface area (Å²) in [7, 11) is 0. The standard InChI is InChI=1S/C31H39N5O9/c32-22-6-4-21(5-7-22)29(39)33-11-13-43-15-17-45-19-18-44-16-14-42-12-10-28(38)34-25-3-1-2-23-24(25)20-36(31(23)41)26-8-9-27(37)35-30(26)40/h1-7,26H,8-20,32H2,(H,33,39)(H,34,38)(H,35,37,40). The number of fused-ring (bicyclic) bond motifs is 1. The normalized spacial score (nSPS) is 16.0. The number of ether oxygens (including phenoxy) is 4. The summed E-state index contributed by atoms with van der Waals surface area (Å²) in [6.45, 7) is 3.35. The van der Waals surface area contributed by atoms with Crippen molar-refractivity contribution in [3.05, 3.63) is 59.2 Å². The van der Waals surface area contributed by atoms with E-state index in [0.29, 0.717) is 80.9 Å². The van der Waals surface area contributed by atoms with Gasteiger partial charge >= 0.3 is 0 Å². The van der Waals surface area contributed by atoms with Crippen molar-refractivity contribution in [1.29, 1.82) is 0 Å². The van der Waals surface area contributed by atoms with E-state index in [2.05, 4.69) is 16.0 Å². The van der Waals surface area contributed by atoms with E-state index in [-0.39, 0.29) is 56.0 Å². The number of rotatable bonds is 18. The van der Waals surface area contributed by atoms with Gasteiger partial charge in [-0.05, 0) is 42.8 Å². The summed E-state index contributed by atoms with van der Waals surface area (Å²) in [5.41, 5.74) is 8.33. The lowest BCUT2D eigenvalue weighted by molar-refractivity contribution is -0.137. The highest BCUT2D eigenvalue weighted by Crippen LogP contribution is 2.32. The predicted molar refractivity (Wildman–Crippen MR) is 162 cm³/mol. The molecule has 1 saturated heterocycles. The molecule has 0 spiro atoms. The van der Waals surface area contributed by atoms with Crippen LogP contribution in [-0.4, -0.2) is 99.9 Å². The average Bonchev–Trinajstić information content (AvgIpc) is 3.36. The first-order valence-electron chi connectivity index (χ1n) is 14.8. The van der Waals surface area contributed by atoms with Gasteiger partial charge in [-0.25, -0.2) is 0 Å². The van der Waals surface area contributed by atoms with Crippen LogP contribution in [0.4, 0.5) is 11.4 Å². The summed E-state index contributed by atoms with van der Waals surface area (Å²) in [6.07, 6.45) is 0.556. The first-order chi connectivity index (χ1) is 21.8. The van der Waals surface area contributed by atoms with E-state index < -0.39 is 11.9 Å². The number of nitrogens with zero attached hydrogens (tertiary/aromatic N) is 1. The Hall–Kier alpha value is -4.37. The number of carbonyl (C=O) groups is 5. The predicted octanol–water partition coefficient (Wildman–Crippen LogP) is 0.855. The molecule has 242 valence electrons. The first-order valence-corrected chi connectivity index (χ1v) is 14.8. The minimum atomic E-state index is -0.721. The van der Waals surface area contributed by atoms with Gasteiger partial charge in [0.2, 0.25) is 17.7 Å². The van der Waals surface area contributed by atoms with Gasteiger partial charge in [0, 0.05) is 47.6 Å². The van der Waals surface area contributed by atoms with Gasteiger partial charge in [0.25, 0.3) is 11.8 Å². The topological polar surface area (TPSA) is 188 Å². The molecule has 14 nitrogen and oxygen atoms in total. The molecular formula is C31H39N5O9. The monoisotopic (exact) mass is 625 g/mol. The molecular weight excluding hydrogens is 586 g/mol. The van der Waals surface area contributed by atoms with E-state index in [1.807, 2.05) is 0 Å². The molecule has 0 bridgehead atoms. The quantitative estimate of drug-likeness (QED) is 0.105. The molecule has 45 heavy (non-hydrogen) atoms. The van der Waals surface area contributed by atoms with Crippen LogP contribution in [0.1, 0.15) is 45.5 Å². The fourth-order valence-corrected chi connectivity index (χ4v) is 4.82. The molecule has 1 fully saturated rings. The number of imide groups is 1. The zero-order valence-corrected chi connectivity index (χ0v) is 25.0. The number of carbonyl (C=O) groups excluding carboxylic acids is 5. The zero-order chi connectivity index (χ0) is 32.0. The molecule has 0 aromatic heterocycles. The van der Waals surface area contributed by atoms with E-state index in [1.165, 1.54) is 4.90 Å². The molecule has 4 rings (SSSR count). The summed E-state index contributed by atoms with van der Waals surface area (Å²) < 4.78 is 21.8. The van der Waals surface area contributed by atoms with Crippen LogP contribution in [0.15, 0.2) is 42.5 Å². The van der Waals surface area contributed by atoms with Crippen LogP contribution in [0.25, 0.3) is 0 Å². The van der Waals surface area contributed by atoms with Crippen molar-refractivity contribution in [2.75, 3.05) is 70.5 Å². The molecule has 1 atom stereocenters. The van der Waals surface area contributed by atoms with E-state index >= 15 is 0 Å².